The van der Waals surface area contributed by atoms with Crippen molar-refractivity contribution in [2.24, 2.45) is 0 Å². The Hall–Kier alpha value is -1.86. The number of aromatic nitrogens is 2. The van der Waals surface area contributed by atoms with Crippen LogP contribution in [-0.4, -0.2) is 29.0 Å². The summed E-state index contributed by atoms with van der Waals surface area (Å²) in [5.74, 6) is 0.609. The maximum absolute atomic E-state index is 12.4. The highest BCUT2D eigenvalue weighted by atomic mass is 79.9. The Morgan fingerprint density at radius 1 is 1.52 bits per heavy atom. The Kier molecular flexibility index (Phi) is 3.94. The number of anilines is 1. The highest BCUT2D eigenvalue weighted by molar-refractivity contribution is 9.10. The maximum Gasteiger partial charge on any atom is 0.241 e. The molecule has 2 aromatic rings. The van der Waals surface area contributed by atoms with Crippen LogP contribution in [0.2, 0.25) is 0 Å². The van der Waals surface area contributed by atoms with Gasteiger partial charge in [-0.3, -0.25) is 10.1 Å². The van der Waals surface area contributed by atoms with Crippen LogP contribution in [0.1, 0.15) is 11.4 Å². The average molecular weight is 351 g/mol. The third-order valence-electron chi connectivity index (χ3n) is 3.48. The van der Waals surface area contributed by atoms with Crippen LogP contribution in [0.5, 0.6) is 5.75 Å². The third-order valence-corrected chi connectivity index (χ3v) is 4.17. The highest BCUT2D eigenvalue weighted by Gasteiger charge is 2.26. The quantitative estimate of drug-likeness (QED) is 0.789. The van der Waals surface area contributed by atoms with Gasteiger partial charge in [-0.1, -0.05) is 0 Å². The molecule has 0 bridgehead atoms. The Morgan fingerprint density at radius 3 is 3.19 bits per heavy atom. The fourth-order valence-corrected chi connectivity index (χ4v) is 2.65. The number of carbonyl (C=O) groups is 1. The van der Waals surface area contributed by atoms with Gasteiger partial charge in [-0.25, -0.2) is 4.98 Å². The van der Waals surface area contributed by atoms with Crippen LogP contribution in [0, 0.1) is 0 Å². The number of aromatic amines is 1. The Morgan fingerprint density at radius 2 is 2.38 bits per heavy atom. The van der Waals surface area contributed by atoms with E-state index >= 15 is 0 Å². The molecule has 110 valence electrons. The van der Waals surface area contributed by atoms with Gasteiger partial charge in [0.05, 0.1) is 36.6 Å². The van der Waals surface area contributed by atoms with Gasteiger partial charge in [-0.15, -0.1) is 0 Å². The first-order chi connectivity index (χ1) is 10.2. The van der Waals surface area contributed by atoms with E-state index in [4.69, 9.17) is 4.74 Å². The summed E-state index contributed by atoms with van der Waals surface area (Å²) < 4.78 is 5.98. The molecule has 21 heavy (non-hydrogen) atoms. The lowest BCUT2D eigenvalue weighted by atomic mass is 10.0. The van der Waals surface area contributed by atoms with Crippen molar-refractivity contribution in [3.05, 3.63) is 40.4 Å². The van der Waals surface area contributed by atoms with Crippen LogP contribution in [-0.2, 0) is 17.8 Å². The second kappa shape index (κ2) is 5.87. The monoisotopic (exact) mass is 350 g/mol. The van der Waals surface area contributed by atoms with Gasteiger partial charge >= 0.3 is 0 Å². The van der Waals surface area contributed by atoms with Gasteiger partial charge in [0.25, 0.3) is 0 Å². The number of hydrogen-bond acceptors (Lipinski definition) is 4. The largest absolute Gasteiger partial charge is 0.497 e. The van der Waals surface area contributed by atoms with Crippen molar-refractivity contribution in [3.63, 3.8) is 0 Å². The van der Waals surface area contributed by atoms with Crippen LogP contribution in [0.15, 0.2) is 29.0 Å². The Bertz CT molecular complexity index is 671. The number of nitrogens with one attached hydrogen (secondary N) is 3. The minimum absolute atomic E-state index is 0.0856. The summed E-state index contributed by atoms with van der Waals surface area (Å²) in [5.41, 5.74) is 2.68. The van der Waals surface area contributed by atoms with Crippen LogP contribution in [0.25, 0.3) is 0 Å². The lowest BCUT2D eigenvalue weighted by molar-refractivity contribution is -0.118. The normalized spacial score (nSPS) is 17.1. The molecule has 0 fully saturated rings. The zero-order chi connectivity index (χ0) is 14.8. The molecule has 1 atom stereocenters. The van der Waals surface area contributed by atoms with Gasteiger partial charge in [0, 0.05) is 23.5 Å². The van der Waals surface area contributed by atoms with Crippen molar-refractivity contribution in [2.75, 3.05) is 12.4 Å². The van der Waals surface area contributed by atoms with Crippen molar-refractivity contribution in [3.8, 4) is 5.75 Å². The zero-order valence-corrected chi connectivity index (χ0v) is 13.0. The molecule has 0 radical (unpaired) electrons. The van der Waals surface area contributed by atoms with Gasteiger partial charge in [0.1, 0.15) is 5.75 Å². The second-order valence-electron chi connectivity index (χ2n) is 4.80. The van der Waals surface area contributed by atoms with E-state index in [0.717, 1.165) is 15.9 Å². The molecule has 0 saturated heterocycles. The molecule has 0 aliphatic carbocycles. The number of carbonyl (C=O) groups excluding carboxylic acids is 1. The molecule has 3 N–H and O–H groups in total. The van der Waals surface area contributed by atoms with Gasteiger partial charge in [0.2, 0.25) is 5.91 Å². The van der Waals surface area contributed by atoms with E-state index in [1.807, 2.05) is 12.1 Å². The summed E-state index contributed by atoms with van der Waals surface area (Å²) in [6.07, 6.45) is 2.23. The zero-order valence-electron chi connectivity index (χ0n) is 11.4. The SMILES string of the molecule is COc1ccc(Br)c(NC(=O)C2Cc3nc[nH]c3CN2)c1. The predicted molar refractivity (Wildman–Crippen MR) is 82.2 cm³/mol. The molecule has 0 saturated carbocycles. The summed E-state index contributed by atoms with van der Waals surface area (Å²) >= 11 is 3.42. The molecule has 1 aliphatic heterocycles. The lowest BCUT2D eigenvalue weighted by Gasteiger charge is -2.22. The summed E-state index contributed by atoms with van der Waals surface area (Å²) in [6, 6.07) is 5.16. The molecule has 1 aliphatic rings. The average Bonchev–Trinajstić information content (AvgIpc) is 2.96. The maximum atomic E-state index is 12.4. The molecule has 2 heterocycles. The number of fused-ring (bicyclic) bond motifs is 1. The molecule has 7 heteroatoms. The number of imidazole rings is 1. The van der Waals surface area contributed by atoms with E-state index < -0.39 is 0 Å². The number of benzene rings is 1. The standard InChI is InChI=1S/C14H15BrN4O2/c1-21-8-2-3-9(15)10(4-8)19-14(20)12-5-11-13(6-16-12)18-7-17-11/h2-4,7,12,16H,5-6H2,1H3,(H,17,18)(H,19,20). The van der Waals surface area contributed by atoms with Crippen LogP contribution < -0.4 is 15.4 Å². The number of methoxy groups -OCH3 is 1. The molecule has 1 aromatic carbocycles. The molecule has 0 spiro atoms. The predicted octanol–water partition coefficient (Wildman–Crippen LogP) is 1.83. The number of halogens is 1. The number of ether oxygens (including phenoxy) is 1. The number of rotatable bonds is 3. The molecule has 1 amide bonds. The van der Waals surface area contributed by atoms with Gasteiger partial charge < -0.3 is 15.0 Å². The van der Waals surface area contributed by atoms with Crippen LogP contribution in [0.4, 0.5) is 5.69 Å². The number of nitrogens with zero attached hydrogens (tertiary/aromatic N) is 1. The van der Waals surface area contributed by atoms with Crippen molar-refractivity contribution in [1.29, 1.82) is 0 Å². The first-order valence-corrected chi connectivity index (χ1v) is 7.35. The molecular formula is C14H15BrN4O2. The first-order valence-electron chi connectivity index (χ1n) is 6.56. The first kappa shape index (κ1) is 14.1. The van der Waals surface area contributed by atoms with Crippen LogP contribution >= 0.6 is 15.9 Å². The molecular weight excluding hydrogens is 336 g/mol. The van der Waals surface area contributed by atoms with E-state index in [9.17, 15) is 4.79 Å². The minimum atomic E-state index is -0.293. The number of amides is 1. The van der Waals surface area contributed by atoms with E-state index in [1.54, 1.807) is 19.5 Å². The van der Waals surface area contributed by atoms with E-state index in [-0.39, 0.29) is 11.9 Å². The smallest absolute Gasteiger partial charge is 0.241 e. The summed E-state index contributed by atoms with van der Waals surface area (Å²) in [5, 5.41) is 6.11. The fraction of sp³-hybridized carbons (Fsp3) is 0.286. The Labute approximate surface area is 130 Å². The van der Waals surface area contributed by atoms with Gasteiger partial charge in [0.15, 0.2) is 0 Å². The number of hydrogen-bond donors (Lipinski definition) is 3. The summed E-state index contributed by atoms with van der Waals surface area (Å²) in [4.78, 5) is 19.7. The van der Waals surface area contributed by atoms with E-state index in [1.165, 1.54) is 0 Å². The third kappa shape index (κ3) is 2.93. The van der Waals surface area contributed by atoms with Crippen LogP contribution in [0.3, 0.4) is 0 Å². The van der Waals surface area contributed by atoms with E-state index in [2.05, 4.69) is 36.5 Å². The van der Waals surface area contributed by atoms with Crippen molar-refractivity contribution in [1.82, 2.24) is 15.3 Å². The fourth-order valence-electron chi connectivity index (χ4n) is 2.30. The van der Waals surface area contributed by atoms with Gasteiger partial charge in [-0.2, -0.15) is 0 Å². The summed E-state index contributed by atoms with van der Waals surface area (Å²) in [7, 11) is 1.59. The Balaban J connectivity index is 1.72. The van der Waals surface area contributed by atoms with Gasteiger partial charge in [-0.05, 0) is 28.1 Å². The highest BCUT2D eigenvalue weighted by Crippen LogP contribution is 2.27. The van der Waals surface area contributed by atoms with Crippen molar-refractivity contribution >= 4 is 27.5 Å². The lowest BCUT2D eigenvalue weighted by Crippen LogP contribution is -2.44. The van der Waals surface area contributed by atoms with Crippen molar-refractivity contribution < 1.29 is 9.53 Å². The topological polar surface area (TPSA) is 79.0 Å². The molecule has 3 rings (SSSR count). The van der Waals surface area contributed by atoms with Crippen molar-refractivity contribution in [2.45, 2.75) is 19.0 Å². The molecule has 1 aromatic heterocycles. The molecule has 6 nitrogen and oxygen atoms in total. The number of H-pyrrole nitrogens is 1. The minimum Gasteiger partial charge on any atom is -0.497 e. The second-order valence-corrected chi connectivity index (χ2v) is 5.65. The molecule has 1 unspecified atom stereocenters. The summed E-state index contributed by atoms with van der Waals surface area (Å²) in [6.45, 7) is 0.618. The van der Waals surface area contributed by atoms with E-state index in [0.29, 0.717) is 24.4 Å².